The predicted octanol–water partition coefficient (Wildman–Crippen LogP) is 4.63. The highest BCUT2D eigenvalue weighted by Crippen LogP contribution is 2.36. The van der Waals surface area contributed by atoms with Gasteiger partial charge in [0.15, 0.2) is 11.6 Å². The Labute approximate surface area is 222 Å². The minimum atomic E-state index is 0.444. The molecule has 1 aromatic carbocycles. The number of hydrogen-bond donors (Lipinski definition) is 2. The molecule has 1 aliphatic carbocycles. The van der Waals surface area contributed by atoms with E-state index in [-0.39, 0.29) is 0 Å². The van der Waals surface area contributed by atoms with Gasteiger partial charge in [-0.2, -0.15) is 5.10 Å². The lowest BCUT2D eigenvalue weighted by Gasteiger charge is -2.56. The fraction of sp³-hybridized carbons (Fsp3) is 0.379. The number of nitrogens with one attached hydrogen (secondary N) is 2. The number of piperidine rings is 1. The van der Waals surface area contributed by atoms with Crippen molar-refractivity contribution < 1.29 is 4.74 Å². The van der Waals surface area contributed by atoms with Crippen molar-refractivity contribution in [2.24, 2.45) is 0 Å². The third kappa shape index (κ3) is 4.81. The van der Waals surface area contributed by atoms with Crippen molar-refractivity contribution in [2.45, 2.75) is 57.8 Å². The molecular weight excluding hydrogens is 476 g/mol. The number of piperazine rings is 1. The average molecular weight is 509 g/mol. The number of aromatic nitrogens is 5. The number of rotatable bonds is 8. The van der Waals surface area contributed by atoms with Gasteiger partial charge in [-0.05, 0) is 62.9 Å². The summed E-state index contributed by atoms with van der Waals surface area (Å²) >= 11 is 0. The number of ether oxygens (including phenoxy) is 1. The maximum Gasteiger partial charge on any atom is 0.163 e. The summed E-state index contributed by atoms with van der Waals surface area (Å²) in [6, 6.07) is 17.8. The van der Waals surface area contributed by atoms with Gasteiger partial charge in [-0.25, -0.2) is 15.0 Å². The van der Waals surface area contributed by atoms with Crippen molar-refractivity contribution >= 4 is 17.5 Å². The molecule has 2 bridgehead atoms. The lowest BCUT2D eigenvalue weighted by Crippen LogP contribution is -2.68. The van der Waals surface area contributed by atoms with Crippen LogP contribution in [-0.4, -0.2) is 61.3 Å². The van der Waals surface area contributed by atoms with Gasteiger partial charge in [0, 0.05) is 67.0 Å². The molecule has 2 N–H and O–H groups in total. The lowest BCUT2D eigenvalue weighted by molar-refractivity contribution is -0.00868. The van der Waals surface area contributed by atoms with E-state index >= 15 is 0 Å². The molecule has 8 rings (SSSR count). The van der Waals surface area contributed by atoms with Crippen LogP contribution in [0.2, 0.25) is 0 Å². The number of anilines is 3. The fourth-order valence-corrected chi connectivity index (χ4v) is 5.48. The summed E-state index contributed by atoms with van der Waals surface area (Å²) < 4.78 is 5.89. The number of fused-ring (bicyclic) bond motifs is 2. The highest BCUT2D eigenvalue weighted by atomic mass is 16.5. The van der Waals surface area contributed by atoms with Gasteiger partial charge in [-0.15, -0.1) is 0 Å². The van der Waals surface area contributed by atoms with Crippen LogP contribution in [0.4, 0.5) is 17.5 Å². The van der Waals surface area contributed by atoms with E-state index in [2.05, 4.69) is 66.7 Å². The number of hydrogen-bond acceptors (Lipinski definition) is 8. The Balaban J connectivity index is 0.987. The van der Waals surface area contributed by atoms with E-state index in [1.54, 1.807) is 0 Å². The molecule has 0 spiro atoms. The second kappa shape index (κ2) is 9.40. The molecule has 4 aliphatic rings. The van der Waals surface area contributed by atoms with E-state index in [9.17, 15) is 0 Å². The van der Waals surface area contributed by atoms with Gasteiger partial charge in [0.05, 0.1) is 6.10 Å². The number of aromatic amines is 1. The van der Waals surface area contributed by atoms with Crippen LogP contribution in [0.3, 0.4) is 0 Å². The van der Waals surface area contributed by atoms with E-state index < -0.39 is 0 Å². The zero-order valence-corrected chi connectivity index (χ0v) is 21.8. The summed E-state index contributed by atoms with van der Waals surface area (Å²) in [7, 11) is 0. The van der Waals surface area contributed by atoms with E-state index in [1.807, 2.05) is 32.2 Å². The monoisotopic (exact) mass is 508 g/mol. The third-order valence-electron chi connectivity index (χ3n) is 7.61. The predicted molar refractivity (Wildman–Crippen MR) is 147 cm³/mol. The van der Waals surface area contributed by atoms with Crippen LogP contribution in [0, 0.1) is 13.8 Å². The molecule has 2 atom stereocenters. The minimum Gasteiger partial charge on any atom is -0.490 e. The summed E-state index contributed by atoms with van der Waals surface area (Å²) in [6.07, 6.45) is 5.98. The van der Waals surface area contributed by atoms with Crippen molar-refractivity contribution in [1.82, 2.24) is 30.0 Å². The summed E-state index contributed by atoms with van der Waals surface area (Å²) in [5.74, 6) is 4.11. The van der Waals surface area contributed by atoms with Crippen molar-refractivity contribution in [3.8, 4) is 17.1 Å². The molecule has 4 fully saturated rings. The smallest absolute Gasteiger partial charge is 0.163 e. The highest BCUT2D eigenvalue weighted by Gasteiger charge is 2.44. The minimum absolute atomic E-state index is 0.444. The maximum absolute atomic E-state index is 5.89. The zero-order chi connectivity index (χ0) is 25.6. The van der Waals surface area contributed by atoms with E-state index in [1.165, 1.54) is 24.8 Å². The number of aryl methyl sites for hydroxylation is 2. The Morgan fingerprint density at radius 2 is 1.79 bits per heavy atom. The summed E-state index contributed by atoms with van der Waals surface area (Å²) in [4.78, 5) is 19.2. The molecule has 0 radical (unpaired) electrons. The molecule has 9 nitrogen and oxygen atoms in total. The molecule has 38 heavy (non-hydrogen) atoms. The fourth-order valence-electron chi connectivity index (χ4n) is 5.48. The molecule has 3 saturated heterocycles. The van der Waals surface area contributed by atoms with Crippen LogP contribution in [0.15, 0.2) is 54.7 Å². The molecule has 0 amide bonds. The van der Waals surface area contributed by atoms with Gasteiger partial charge in [-0.3, -0.25) is 10.00 Å². The number of H-pyrrole nitrogens is 1. The summed E-state index contributed by atoms with van der Waals surface area (Å²) in [5.41, 5.74) is 4.13. The first-order valence-electron chi connectivity index (χ1n) is 13.4. The van der Waals surface area contributed by atoms with Crippen LogP contribution in [0.25, 0.3) is 11.4 Å². The van der Waals surface area contributed by atoms with E-state index in [0.29, 0.717) is 29.8 Å². The van der Waals surface area contributed by atoms with Crippen molar-refractivity contribution in [2.75, 3.05) is 23.3 Å². The first kappa shape index (κ1) is 23.2. The zero-order valence-electron chi connectivity index (χ0n) is 21.8. The number of pyridine rings is 1. The van der Waals surface area contributed by atoms with Gasteiger partial charge < -0.3 is 15.0 Å². The first-order chi connectivity index (χ1) is 18.6. The largest absolute Gasteiger partial charge is 0.490 e. The van der Waals surface area contributed by atoms with Crippen LogP contribution in [-0.2, 0) is 6.54 Å². The van der Waals surface area contributed by atoms with Crippen LogP contribution < -0.4 is 15.0 Å². The number of nitrogens with zero attached hydrogens (tertiary/aromatic N) is 6. The summed E-state index contributed by atoms with van der Waals surface area (Å²) in [5, 5.41) is 10.4. The quantitative estimate of drug-likeness (QED) is 0.356. The molecule has 4 aromatic rings. The Bertz CT molecular complexity index is 1420. The maximum atomic E-state index is 5.89. The van der Waals surface area contributed by atoms with Gasteiger partial charge in [0.25, 0.3) is 0 Å². The van der Waals surface area contributed by atoms with Crippen molar-refractivity contribution in [1.29, 1.82) is 0 Å². The third-order valence-corrected chi connectivity index (χ3v) is 7.61. The Hall–Kier alpha value is -3.98. The molecule has 9 heteroatoms. The van der Waals surface area contributed by atoms with Gasteiger partial charge >= 0.3 is 0 Å². The lowest BCUT2D eigenvalue weighted by atomic mass is 9.86. The number of benzene rings is 1. The highest BCUT2D eigenvalue weighted by molar-refractivity contribution is 5.61. The second-order valence-corrected chi connectivity index (χ2v) is 10.8. The Morgan fingerprint density at radius 3 is 2.47 bits per heavy atom. The second-order valence-electron chi connectivity index (χ2n) is 10.8. The van der Waals surface area contributed by atoms with Gasteiger partial charge in [0.1, 0.15) is 17.4 Å². The molecule has 194 valence electrons. The molecule has 3 aromatic heterocycles. The molecule has 2 unspecified atom stereocenters. The molecular formula is C29H32N8O. The summed E-state index contributed by atoms with van der Waals surface area (Å²) in [6.45, 7) is 6.94. The Kier molecular flexibility index (Phi) is 5.73. The van der Waals surface area contributed by atoms with Crippen LogP contribution in [0.1, 0.15) is 36.2 Å². The van der Waals surface area contributed by atoms with Gasteiger partial charge in [-0.1, -0.05) is 12.1 Å². The average Bonchev–Trinajstić information content (AvgIpc) is 3.66. The van der Waals surface area contributed by atoms with Crippen LogP contribution >= 0.6 is 0 Å². The first-order valence-corrected chi connectivity index (χ1v) is 13.4. The van der Waals surface area contributed by atoms with E-state index in [0.717, 1.165) is 54.0 Å². The van der Waals surface area contributed by atoms with Crippen LogP contribution in [0.5, 0.6) is 5.75 Å². The molecule has 1 saturated carbocycles. The van der Waals surface area contributed by atoms with E-state index in [4.69, 9.17) is 14.7 Å². The standard InChI is InChI=1S/C29H32N8O/c1-18-11-26(32-27-12-19(2)34-35-27)33-29(31-18)21-5-10-28(30-14-21)36-16-22-13-23(17-36)37(22)15-20-3-6-24(7-4-20)38-25-8-9-25/h3-7,10-12,14,22-23,25H,8-9,13,15-17H2,1-2H3,(H2,31,32,33,34,35). The topological polar surface area (TPSA) is 95.1 Å². The van der Waals surface area contributed by atoms with Gasteiger partial charge in [0.2, 0.25) is 0 Å². The molecule has 6 heterocycles. The van der Waals surface area contributed by atoms with Crippen molar-refractivity contribution in [3.63, 3.8) is 0 Å². The normalized spacial score (nSPS) is 20.7. The van der Waals surface area contributed by atoms with Crippen molar-refractivity contribution in [3.05, 3.63) is 71.7 Å². The SMILES string of the molecule is Cc1cc(Nc2cc(C)[nH]n2)nc(-c2ccc(N3CC4CC(C3)N4Cc3ccc(OC4CC4)cc3)nc2)n1. The Morgan fingerprint density at radius 1 is 0.974 bits per heavy atom. The molecule has 3 aliphatic heterocycles.